The summed E-state index contributed by atoms with van der Waals surface area (Å²) in [4.78, 5) is 11.2. The zero-order valence-electron chi connectivity index (χ0n) is 10.9. The van der Waals surface area contributed by atoms with E-state index in [-0.39, 0.29) is 13.0 Å². The molecule has 106 valence electrons. The van der Waals surface area contributed by atoms with Crippen molar-refractivity contribution >= 4 is 21.9 Å². The molecule has 0 saturated heterocycles. The summed E-state index contributed by atoms with van der Waals surface area (Å²) in [6.45, 7) is 2.53. The molecule has 0 fully saturated rings. The van der Waals surface area contributed by atoms with E-state index in [1.807, 2.05) is 31.2 Å². The van der Waals surface area contributed by atoms with Gasteiger partial charge in [-0.15, -0.1) is 0 Å². The number of ether oxygens (including phenoxy) is 1. The van der Waals surface area contributed by atoms with Crippen molar-refractivity contribution in [3.05, 3.63) is 34.3 Å². The van der Waals surface area contributed by atoms with Crippen LogP contribution in [0.4, 0.5) is 0 Å². The van der Waals surface area contributed by atoms with E-state index in [0.717, 1.165) is 10.0 Å². The lowest BCUT2D eigenvalue weighted by atomic mass is 9.94. The van der Waals surface area contributed by atoms with E-state index in [1.165, 1.54) is 0 Å². The van der Waals surface area contributed by atoms with Gasteiger partial charge in [0, 0.05) is 11.1 Å². The zero-order valence-corrected chi connectivity index (χ0v) is 12.5. The Morgan fingerprint density at radius 3 is 2.79 bits per heavy atom. The predicted molar refractivity (Wildman–Crippen MR) is 76.1 cm³/mol. The van der Waals surface area contributed by atoms with E-state index in [9.17, 15) is 15.0 Å². The van der Waals surface area contributed by atoms with Crippen LogP contribution in [-0.4, -0.2) is 35.5 Å². The molecule has 4 nitrogen and oxygen atoms in total. The fourth-order valence-corrected chi connectivity index (χ4v) is 2.32. The molecule has 0 radical (unpaired) electrons. The molecule has 1 rings (SSSR count). The van der Waals surface area contributed by atoms with Crippen molar-refractivity contribution in [2.45, 2.75) is 25.9 Å². The van der Waals surface area contributed by atoms with E-state index >= 15 is 0 Å². The Labute approximate surface area is 121 Å². The molecule has 0 aliphatic carbocycles. The molecule has 0 saturated carbocycles. The van der Waals surface area contributed by atoms with Crippen LogP contribution in [-0.2, 0) is 16.0 Å². The largest absolute Gasteiger partial charge is 0.481 e. The third kappa shape index (κ3) is 6.18. The first-order valence-electron chi connectivity index (χ1n) is 6.26. The van der Waals surface area contributed by atoms with Gasteiger partial charge in [0.15, 0.2) is 0 Å². The topological polar surface area (TPSA) is 66.8 Å². The Kier molecular flexibility index (Phi) is 7.05. The number of aliphatic carboxylic acids is 1. The third-order valence-electron chi connectivity index (χ3n) is 2.79. The average molecular weight is 331 g/mol. The second-order valence-corrected chi connectivity index (χ2v) is 5.33. The number of benzene rings is 1. The van der Waals surface area contributed by atoms with Gasteiger partial charge in [-0.25, -0.2) is 0 Å². The highest BCUT2D eigenvalue weighted by atomic mass is 79.9. The molecule has 0 amide bonds. The van der Waals surface area contributed by atoms with Crippen molar-refractivity contribution in [3.63, 3.8) is 0 Å². The van der Waals surface area contributed by atoms with Gasteiger partial charge in [0.2, 0.25) is 0 Å². The lowest BCUT2D eigenvalue weighted by Gasteiger charge is -2.17. The van der Waals surface area contributed by atoms with Gasteiger partial charge in [0.25, 0.3) is 0 Å². The molecule has 0 aliphatic rings. The van der Waals surface area contributed by atoms with Crippen LogP contribution in [0.3, 0.4) is 0 Å². The molecule has 1 aromatic rings. The quantitative estimate of drug-likeness (QED) is 0.768. The van der Waals surface area contributed by atoms with Crippen LogP contribution in [0.1, 0.15) is 18.9 Å². The summed E-state index contributed by atoms with van der Waals surface area (Å²) < 4.78 is 6.02. The summed E-state index contributed by atoms with van der Waals surface area (Å²) in [5, 5.41) is 18.9. The second kappa shape index (κ2) is 8.30. The summed E-state index contributed by atoms with van der Waals surface area (Å²) in [5.74, 6) is -1.50. The first-order chi connectivity index (χ1) is 9.02. The Hall–Kier alpha value is -0.910. The second-order valence-electron chi connectivity index (χ2n) is 4.42. The van der Waals surface area contributed by atoms with Crippen molar-refractivity contribution in [3.8, 4) is 0 Å². The fraction of sp³-hybridized carbons (Fsp3) is 0.500. The Morgan fingerprint density at radius 1 is 1.47 bits per heavy atom. The number of hydrogen-bond acceptors (Lipinski definition) is 3. The van der Waals surface area contributed by atoms with E-state index in [4.69, 9.17) is 4.74 Å². The van der Waals surface area contributed by atoms with E-state index in [0.29, 0.717) is 13.0 Å². The molecule has 1 aromatic carbocycles. The van der Waals surface area contributed by atoms with Crippen LogP contribution >= 0.6 is 15.9 Å². The molecule has 2 N–H and O–H groups in total. The summed E-state index contributed by atoms with van der Waals surface area (Å²) >= 11 is 3.36. The molecule has 0 heterocycles. The lowest BCUT2D eigenvalue weighted by molar-refractivity contribution is -0.143. The van der Waals surface area contributed by atoms with Gasteiger partial charge in [-0.2, -0.15) is 0 Å². The molecule has 2 atom stereocenters. The maximum absolute atomic E-state index is 11.2. The molecular weight excluding hydrogens is 312 g/mol. The summed E-state index contributed by atoms with van der Waals surface area (Å²) in [6, 6.07) is 7.54. The minimum Gasteiger partial charge on any atom is -0.481 e. The molecule has 0 bridgehead atoms. The van der Waals surface area contributed by atoms with Crippen molar-refractivity contribution in [1.29, 1.82) is 0 Å². The lowest BCUT2D eigenvalue weighted by Crippen LogP contribution is -2.25. The molecule has 0 spiro atoms. The van der Waals surface area contributed by atoms with E-state index < -0.39 is 18.0 Å². The Bertz CT molecular complexity index is 408. The SMILES string of the molecule is CCOCC(O)CC(Cc1cccc(Br)c1)C(=O)O. The van der Waals surface area contributed by atoms with Crippen molar-refractivity contribution in [1.82, 2.24) is 0 Å². The van der Waals surface area contributed by atoms with Gasteiger partial charge < -0.3 is 14.9 Å². The summed E-state index contributed by atoms with van der Waals surface area (Å²) in [5.41, 5.74) is 0.936. The number of halogens is 1. The normalized spacial score (nSPS) is 14.1. The van der Waals surface area contributed by atoms with Gasteiger partial charge in [-0.1, -0.05) is 28.1 Å². The van der Waals surface area contributed by atoms with Crippen LogP contribution in [0.5, 0.6) is 0 Å². The molecule has 0 aliphatic heterocycles. The van der Waals surface area contributed by atoms with Crippen molar-refractivity contribution in [2.24, 2.45) is 5.92 Å². The van der Waals surface area contributed by atoms with Crippen LogP contribution in [0.2, 0.25) is 0 Å². The standard InChI is InChI=1S/C14H19BrO4/c1-2-19-9-13(16)8-11(14(17)18)6-10-4-3-5-12(15)7-10/h3-5,7,11,13,16H,2,6,8-9H2,1H3,(H,17,18). The number of carbonyl (C=O) groups is 1. The Balaban J connectivity index is 2.60. The summed E-state index contributed by atoms with van der Waals surface area (Å²) in [6.07, 6.45) is -0.145. The zero-order chi connectivity index (χ0) is 14.3. The minimum atomic E-state index is -0.893. The number of rotatable bonds is 8. The maximum atomic E-state index is 11.2. The van der Waals surface area contributed by atoms with Crippen molar-refractivity contribution in [2.75, 3.05) is 13.2 Å². The monoisotopic (exact) mass is 330 g/mol. The third-order valence-corrected chi connectivity index (χ3v) is 3.28. The minimum absolute atomic E-state index is 0.179. The van der Waals surface area contributed by atoms with Crippen LogP contribution in [0.25, 0.3) is 0 Å². The smallest absolute Gasteiger partial charge is 0.306 e. The predicted octanol–water partition coefficient (Wildman–Crippen LogP) is 2.48. The average Bonchev–Trinajstić information content (AvgIpc) is 2.35. The Morgan fingerprint density at radius 2 is 2.21 bits per heavy atom. The highest BCUT2D eigenvalue weighted by molar-refractivity contribution is 9.10. The van der Waals surface area contributed by atoms with E-state index in [1.54, 1.807) is 0 Å². The van der Waals surface area contributed by atoms with Gasteiger partial charge in [-0.05, 0) is 37.5 Å². The molecule has 19 heavy (non-hydrogen) atoms. The van der Waals surface area contributed by atoms with Gasteiger partial charge in [0.1, 0.15) is 0 Å². The molecular formula is C14H19BrO4. The first kappa shape index (κ1) is 16.1. The van der Waals surface area contributed by atoms with Crippen LogP contribution < -0.4 is 0 Å². The van der Waals surface area contributed by atoms with Crippen molar-refractivity contribution < 1.29 is 19.7 Å². The molecule has 2 unspecified atom stereocenters. The summed E-state index contributed by atoms with van der Waals surface area (Å²) in [7, 11) is 0. The van der Waals surface area contributed by atoms with Gasteiger partial charge >= 0.3 is 5.97 Å². The highest BCUT2D eigenvalue weighted by Crippen LogP contribution is 2.18. The molecule has 5 heteroatoms. The number of carboxylic acid groups (broad SMARTS) is 1. The van der Waals surface area contributed by atoms with Crippen LogP contribution in [0.15, 0.2) is 28.7 Å². The number of carboxylic acids is 1. The van der Waals surface area contributed by atoms with Gasteiger partial charge in [0.05, 0.1) is 18.6 Å². The maximum Gasteiger partial charge on any atom is 0.306 e. The fourth-order valence-electron chi connectivity index (χ4n) is 1.87. The van der Waals surface area contributed by atoms with E-state index in [2.05, 4.69) is 15.9 Å². The van der Waals surface area contributed by atoms with Crippen LogP contribution in [0, 0.1) is 5.92 Å². The highest BCUT2D eigenvalue weighted by Gasteiger charge is 2.22. The molecule has 0 aromatic heterocycles. The first-order valence-corrected chi connectivity index (χ1v) is 7.05. The van der Waals surface area contributed by atoms with Gasteiger partial charge in [-0.3, -0.25) is 4.79 Å². The number of hydrogen-bond donors (Lipinski definition) is 2. The number of aliphatic hydroxyl groups excluding tert-OH is 1. The number of aliphatic hydroxyl groups is 1.